The van der Waals surface area contributed by atoms with E-state index in [1.165, 1.54) is 38.6 Å². The Morgan fingerprint density at radius 3 is 2.81 bits per heavy atom. The van der Waals surface area contributed by atoms with E-state index in [2.05, 4.69) is 22.8 Å². The fourth-order valence-corrected chi connectivity index (χ4v) is 4.44. The van der Waals surface area contributed by atoms with Gasteiger partial charge >= 0.3 is 0 Å². The van der Waals surface area contributed by atoms with E-state index in [0.717, 1.165) is 17.9 Å². The van der Waals surface area contributed by atoms with Crippen LogP contribution in [0, 0.1) is 11.8 Å². The van der Waals surface area contributed by atoms with E-state index in [4.69, 9.17) is 0 Å². The van der Waals surface area contributed by atoms with Crippen molar-refractivity contribution in [2.75, 3.05) is 6.54 Å². The van der Waals surface area contributed by atoms with E-state index in [-0.39, 0.29) is 0 Å². The molecule has 1 N–H and O–H groups in total. The lowest BCUT2D eigenvalue weighted by Gasteiger charge is -2.15. The van der Waals surface area contributed by atoms with Gasteiger partial charge in [0, 0.05) is 16.3 Å². The molecule has 0 amide bonds. The van der Waals surface area contributed by atoms with E-state index in [1.54, 1.807) is 4.88 Å². The highest BCUT2D eigenvalue weighted by Gasteiger charge is 2.63. The molecule has 2 atom stereocenters. The fraction of sp³-hybridized carbons (Fsp3) is 0.714. The second-order valence-corrected chi connectivity index (χ2v) is 6.82. The molecule has 2 heteroatoms. The molecular formula is C14H19NS. The Kier molecular flexibility index (Phi) is 2.01. The summed E-state index contributed by atoms with van der Waals surface area (Å²) in [5, 5.41) is 5.98. The molecular weight excluding hydrogens is 214 g/mol. The van der Waals surface area contributed by atoms with E-state index in [9.17, 15) is 0 Å². The van der Waals surface area contributed by atoms with Gasteiger partial charge in [0.05, 0.1) is 0 Å². The second-order valence-electron chi connectivity index (χ2n) is 5.88. The molecule has 0 spiro atoms. The van der Waals surface area contributed by atoms with Crippen molar-refractivity contribution in [3.05, 3.63) is 22.4 Å². The summed E-state index contributed by atoms with van der Waals surface area (Å²) in [6.07, 6.45) is 7.26. The zero-order valence-electron chi connectivity index (χ0n) is 9.61. The Bertz CT molecular complexity index is 377. The molecule has 4 rings (SSSR count). The number of rotatable bonds is 5. The van der Waals surface area contributed by atoms with Gasteiger partial charge in [-0.25, -0.2) is 0 Å². The lowest BCUT2D eigenvalue weighted by atomic mass is 9.95. The van der Waals surface area contributed by atoms with Gasteiger partial charge in [-0.15, -0.1) is 11.3 Å². The molecule has 2 unspecified atom stereocenters. The van der Waals surface area contributed by atoms with Crippen LogP contribution in [0.5, 0.6) is 0 Å². The average molecular weight is 233 g/mol. The summed E-state index contributed by atoms with van der Waals surface area (Å²) < 4.78 is 0. The highest BCUT2D eigenvalue weighted by Crippen LogP contribution is 2.66. The molecule has 1 aromatic heterocycles. The van der Waals surface area contributed by atoms with Crippen LogP contribution >= 0.6 is 11.3 Å². The van der Waals surface area contributed by atoms with Crippen LogP contribution in [0.15, 0.2) is 17.5 Å². The third kappa shape index (κ3) is 1.46. The Labute approximate surface area is 101 Å². The van der Waals surface area contributed by atoms with Crippen LogP contribution in [0.4, 0.5) is 0 Å². The summed E-state index contributed by atoms with van der Waals surface area (Å²) in [4.78, 5) is 1.68. The molecule has 1 heterocycles. The highest BCUT2D eigenvalue weighted by atomic mass is 32.1. The summed E-state index contributed by atoms with van der Waals surface area (Å²) in [5.74, 6) is 1.97. The van der Waals surface area contributed by atoms with Crippen molar-refractivity contribution in [2.45, 2.75) is 43.6 Å². The van der Waals surface area contributed by atoms with Crippen molar-refractivity contribution in [3.63, 3.8) is 0 Å². The molecule has 3 saturated carbocycles. The van der Waals surface area contributed by atoms with Gasteiger partial charge in [-0.1, -0.05) is 6.07 Å². The molecule has 3 fully saturated rings. The lowest BCUT2D eigenvalue weighted by molar-refractivity contribution is 0.509. The van der Waals surface area contributed by atoms with Gasteiger partial charge in [0.25, 0.3) is 0 Å². The summed E-state index contributed by atoms with van der Waals surface area (Å²) in [6.45, 7) is 1.28. The molecule has 3 aliphatic carbocycles. The average Bonchev–Trinajstić information content (AvgIpc) is 3.15. The Hall–Kier alpha value is -0.340. The third-order valence-corrected chi connectivity index (χ3v) is 5.73. The quantitative estimate of drug-likeness (QED) is 0.823. The van der Waals surface area contributed by atoms with Crippen LogP contribution in [-0.2, 0) is 5.41 Å². The van der Waals surface area contributed by atoms with E-state index in [0.29, 0.717) is 5.41 Å². The smallest absolute Gasteiger partial charge is 0.0119 e. The van der Waals surface area contributed by atoms with Crippen molar-refractivity contribution in [1.29, 1.82) is 0 Å². The van der Waals surface area contributed by atoms with Crippen LogP contribution in [-0.4, -0.2) is 12.6 Å². The van der Waals surface area contributed by atoms with Crippen molar-refractivity contribution >= 4 is 11.3 Å². The zero-order valence-corrected chi connectivity index (χ0v) is 10.4. The zero-order chi connectivity index (χ0) is 10.6. The van der Waals surface area contributed by atoms with E-state index >= 15 is 0 Å². The number of hydrogen-bond acceptors (Lipinski definition) is 2. The first kappa shape index (κ1) is 9.67. The molecule has 0 aliphatic heterocycles. The predicted octanol–water partition coefficient (Wildman–Crippen LogP) is 3.17. The monoisotopic (exact) mass is 233 g/mol. The van der Waals surface area contributed by atoms with Gasteiger partial charge < -0.3 is 5.32 Å². The normalized spacial score (nSPS) is 37.6. The molecule has 86 valence electrons. The molecule has 3 aliphatic rings. The fourth-order valence-electron chi connectivity index (χ4n) is 3.34. The van der Waals surface area contributed by atoms with Gasteiger partial charge in [0.1, 0.15) is 0 Å². The minimum atomic E-state index is 0.621. The van der Waals surface area contributed by atoms with Gasteiger partial charge in [0.2, 0.25) is 0 Å². The maximum Gasteiger partial charge on any atom is 0.0119 e. The van der Waals surface area contributed by atoms with Crippen LogP contribution in [0.3, 0.4) is 0 Å². The first-order valence-corrected chi connectivity index (χ1v) is 7.55. The molecule has 1 nitrogen and oxygen atoms in total. The maximum absolute atomic E-state index is 3.72. The summed E-state index contributed by atoms with van der Waals surface area (Å²) in [7, 11) is 0. The van der Waals surface area contributed by atoms with Gasteiger partial charge in [0.15, 0.2) is 0 Å². The molecule has 16 heavy (non-hydrogen) atoms. The Morgan fingerprint density at radius 1 is 1.31 bits per heavy atom. The Balaban J connectivity index is 1.49. The topological polar surface area (TPSA) is 12.0 Å². The van der Waals surface area contributed by atoms with E-state index < -0.39 is 0 Å². The third-order valence-electron chi connectivity index (χ3n) is 4.67. The predicted molar refractivity (Wildman–Crippen MR) is 67.9 cm³/mol. The van der Waals surface area contributed by atoms with Gasteiger partial charge in [-0.05, 0) is 61.9 Å². The first-order chi connectivity index (χ1) is 7.89. The van der Waals surface area contributed by atoms with Crippen LogP contribution in [0.25, 0.3) is 0 Å². The molecule has 0 radical (unpaired) electrons. The molecule has 0 saturated heterocycles. The van der Waals surface area contributed by atoms with Gasteiger partial charge in [-0.3, -0.25) is 0 Å². The number of nitrogens with one attached hydrogen (secondary N) is 1. The largest absolute Gasteiger partial charge is 0.314 e. The SMILES string of the molecule is c1csc(C2(C3CC3)CC2CNC2CC2)c1. The molecule has 0 bridgehead atoms. The second kappa shape index (κ2) is 3.33. The Morgan fingerprint density at radius 2 is 2.19 bits per heavy atom. The van der Waals surface area contributed by atoms with Crippen LogP contribution < -0.4 is 5.32 Å². The van der Waals surface area contributed by atoms with Gasteiger partial charge in [-0.2, -0.15) is 0 Å². The first-order valence-electron chi connectivity index (χ1n) is 6.67. The van der Waals surface area contributed by atoms with Crippen molar-refractivity contribution < 1.29 is 0 Å². The van der Waals surface area contributed by atoms with E-state index in [1.807, 2.05) is 11.3 Å². The highest BCUT2D eigenvalue weighted by molar-refractivity contribution is 7.10. The minimum Gasteiger partial charge on any atom is -0.314 e. The van der Waals surface area contributed by atoms with Crippen molar-refractivity contribution in [1.82, 2.24) is 5.32 Å². The minimum absolute atomic E-state index is 0.621. The summed E-state index contributed by atoms with van der Waals surface area (Å²) in [6, 6.07) is 5.48. The number of hydrogen-bond donors (Lipinski definition) is 1. The maximum atomic E-state index is 3.72. The van der Waals surface area contributed by atoms with Crippen molar-refractivity contribution in [2.24, 2.45) is 11.8 Å². The van der Waals surface area contributed by atoms with Crippen LogP contribution in [0.2, 0.25) is 0 Å². The van der Waals surface area contributed by atoms with Crippen molar-refractivity contribution in [3.8, 4) is 0 Å². The van der Waals surface area contributed by atoms with Crippen LogP contribution in [0.1, 0.15) is 37.0 Å². The number of thiophene rings is 1. The molecule has 0 aromatic carbocycles. The summed E-state index contributed by atoms with van der Waals surface area (Å²) >= 11 is 1.99. The standard InChI is InChI=1S/C14H19NS/c1-2-13(16-7-1)14(10-3-4-10)8-11(14)9-15-12-5-6-12/h1-2,7,10-12,15H,3-6,8-9H2. The lowest BCUT2D eigenvalue weighted by Crippen LogP contribution is -2.23. The molecule has 1 aromatic rings. The summed E-state index contributed by atoms with van der Waals surface area (Å²) in [5.41, 5.74) is 0.621.